The number of carbonyl (C=O) groups excluding carboxylic acids is 2. The second-order valence-electron chi connectivity index (χ2n) is 5.53. The van der Waals surface area contributed by atoms with Gasteiger partial charge in [-0.1, -0.05) is 0 Å². The Balaban J connectivity index is 2.00. The minimum Gasteiger partial charge on any atom is -0.465 e. The molecule has 23 heavy (non-hydrogen) atoms. The van der Waals surface area contributed by atoms with Crippen molar-refractivity contribution in [2.75, 3.05) is 19.0 Å². The van der Waals surface area contributed by atoms with Crippen LogP contribution in [0, 0.1) is 13.8 Å². The largest absolute Gasteiger partial charge is 0.465 e. The van der Waals surface area contributed by atoms with Crippen molar-refractivity contribution >= 4 is 39.2 Å². The third-order valence-electron chi connectivity index (χ3n) is 3.88. The highest BCUT2D eigenvalue weighted by molar-refractivity contribution is 7.20. The summed E-state index contributed by atoms with van der Waals surface area (Å²) in [7, 11) is 1.37. The lowest BCUT2D eigenvalue weighted by Gasteiger charge is -2.24. The van der Waals surface area contributed by atoms with Gasteiger partial charge >= 0.3 is 5.97 Å². The first-order chi connectivity index (χ1) is 11.0. The molecule has 0 radical (unpaired) electrons. The summed E-state index contributed by atoms with van der Waals surface area (Å²) < 4.78 is 4.83. The van der Waals surface area contributed by atoms with Gasteiger partial charge < -0.3 is 15.4 Å². The van der Waals surface area contributed by atoms with Gasteiger partial charge in [0.1, 0.15) is 21.3 Å². The van der Waals surface area contributed by atoms with E-state index in [1.165, 1.54) is 18.4 Å². The van der Waals surface area contributed by atoms with E-state index in [0.29, 0.717) is 29.5 Å². The molecule has 2 aromatic heterocycles. The van der Waals surface area contributed by atoms with Crippen LogP contribution in [0.1, 0.15) is 33.9 Å². The summed E-state index contributed by atoms with van der Waals surface area (Å²) in [5.41, 5.74) is 0.819. The fourth-order valence-corrected chi connectivity index (χ4v) is 3.83. The minimum atomic E-state index is -0.362. The molecule has 1 fully saturated rings. The van der Waals surface area contributed by atoms with Gasteiger partial charge in [0, 0.05) is 19.0 Å². The highest BCUT2D eigenvalue weighted by Gasteiger charge is 2.23. The number of ether oxygens (including phenoxy) is 1. The molecule has 1 aliphatic heterocycles. The van der Waals surface area contributed by atoms with E-state index in [0.717, 1.165) is 22.2 Å². The summed E-state index contributed by atoms with van der Waals surface area (Å²) in [6.07, 6.45) is 1.25. The third-order valence-corrected chi connectivity index (χ3v) is 5.04. The molecule has 2 aromatic rings. The molecular formula is C15H18N4O3S. The Hall–Kier alpha value is -2.22. The van der Waals surface area contributed by atoms with Gasteiger partial charge in [0.2, 0.25) is 5.91 Å². The van der Waals surface area contributed by atoms with Crippen LogP contribution in [0.25, 0.3) is 10.2 Å². The number of amides is 1. The van der Waals surface area contributed by atoms with Gasteiger partial charge in [-0.2, -0.15) is 0 Å². The van der Waals surface area contributed by atoms with Crippen molar-refractivity contribution in [3.8, 4) is 0 Å². The number of esters is 1. The molecule has 0 spiro atoms. The van der Waals surface area contributed by atoms with Crippen molar-refractivity contribution in [2.24, 2.45) is 0 Å². The quantitative estimate of drug-likeness (QED) is 0.831. The molecule has 0 saturated carbocycles. The lowest BCUT2D eigenvalue weighted by molar-refractivity contribution is -0.122. The second kappa shape index (κ2) is 6.11. The Bertz CT molecular complexity index is 777. The van der Waals surface area contributed by atoms with E-state index in [1.54, 1.807) is 0 Å². The summed E-state index contributed by atoms with van der Waals surface area (Å²) in [5.74, 6) is 1.06. The molecule has 0 aliphatic carbocycles. The molecule has 2 N–H and O–H groups in total. The fraction of sp³-hybridized carbons (Fsp3) is 0.467. The number of fused-ring (bicyclic) bond motifs is 1. The van der Waals surface area contributed by atoms with Crippen LogP contribution in [0.3, 0.4) is 0 Å². The van der Waals surface area contributed by atoms with Gasteiger partial charge in [-0.15, -0.1) is 11.3 Å². The van der Waals surface area contributed by atoms with Gasteiger partial charge in [0.25, 0.3) is 0 Å². The predicted molar refractivity (Wildman–Crippen MR) is 87.9 cm³/mol. The normalized spacial score (nSPS) is 17.9. The van der Waals surface area contributed by atoms with Gasteiger partial charge in [-0.3, -0.25) is 4.79 Å². The lowest BCUT2D eigenvalue weighted by Crippen LogP contribution is -2.42. The van der Waals surface area contributed by atoms with Gasteiger partial charge in [-0.05, 0) is 25.8 Å². The average molecular weight is 334 g/mol. The number of methoxy groups -OCH3 is 1. The zero-order valence-corrected chi connectivity index (χ0v) is 14.0. The monoisotopic (exact) mass is 334 g/mol. The van der Waals surface area contributed by atoms with Gasteiger partial charge in [0.05, 0.1) is 12.5 Å². The SMILES string of the molecule is COC(=O)c1sc2nc(C)nc(NC3CCC(=O)NC3)c2c1C. The molecular weight excluding hydrogens is 316 g/mol. The Labute approximate surface area is 137 Å². The first-order valence-corrected chi connectivity index (χ1v) is 8.20. The van der Waals surface area contributed by atoms with Crippen LogP contribution in [-0.2, 0) is 9.53 Å². The summed E-state index contributed by atoms with van der Waals surface area (Å²) in [6.45, 7) is 4.26. The van der Waals surface area contributed by atoms with Crippen molar-refractivity contribution in [3.05, 3.63) is 16.3 Å². The summed E-state index contributed by atoms with van der Waals surface area (Å²) >= 11 is 1.31. The van der Waals surface area contributed by atoms with E-state index in [2.05, 4.69) is 20.6 Å². The molecule has 122 valence electrons. The van der Waals surface area contributed by atoms with E-state index >= 15 is 0 Å². The number of carbonyl (C=O) groups is 2. The van der Waals surface area contributed by atoms with E-state index in [9.17, 15) is 9.59 Å². The molecule has 7 nitrogen and oxygen atoms in total. The first kappa shape index (κ1) is 15.7. The Kier molecular flexibility index (Phi) is 4.16. The van der Waals surface area contributed by atoms with Crippen molar-refractivity contribution in [1.29, 1.82) is 0 Å². The summed E-state index contributed by atoms with van der Waals surface area (Å²) in [6, 6.07) is 0.117. The Morgan fingerprint density at radius 3 is 2.83 bits per heavy atom. The van der Waals surface area contributed by atoms with Crippen LogP contribution in [0.15, 0.2) is 0 Å². The van der Waals surface area contributed by atoms with Crippen LogP contribution in [-0.4, -0.2) is 41.5 Å². The van der Waals surface area contributed by atoms with E-state index < -0.39 is 0 Å². The molecule has 8 heteroatoms. The van der Waals surface area contributed by atoms with E-state index in [-0.39, 0.29) is 17.9 Å². The third kappa shape index (κ3) is 2.98. The Morgan fingerprint density at radius 2 is 2.17 bits per heavy atom. The lowest BCUT2D eigenvalue weighted by atomic mass is 10.1. The second-order valence-corrected chi connectivity index (χ2v) is 6.53. The standard InChI is InChI=1S/C15H18N4O3S/c1-7-11-13(19-9-4-5-10(20)16-6-9)17-8(2)18-14(11)23-12(7)15(21)22-3/h9H,4-6H2,1-3H3,(H,16,20)(H,17,18,19). The van der Waals surface area contributed by atoms with Crippen molar-refractivity contribution < 1.29 is 14.3 Å². The predicted octanol–water partition coefficient (Wildman–Crippen LogP) is 1.79. The number of thiophene rings is 1. The Morgan fingerprint density at radius 1 is 1.39 bits per heavy atom. The molecule has 3 heterocycles. The summed E-state index contributed by atoms with van der Waals surface area (Å²) in [5, 5.41) is 7.08. The highest BCUT2D eigenvalue weighted by atomic mass is 32.1. The average Bonchev–Trinajstić information content (AvgIpc) is 2.85. The smallest absolute Gasteiger partial charge is 0.348 e. The van der Waals surface area contributed by atoms with Crippen molar-refractivity contribution in [2.45, 2.75) is 32.7 Å². The van der Waals surface area contributed by atoms with Crippen molar-refractivity contribution in [3.63, 3.8) is 0 Å². The topological polar surface area (TPSA) is 93.2 Å². The molecule has 1 unspecified atom stereocenters. The van der Waals surface area contributed by atoms with Gasteiger partial charge in [-0.25, -0.2) is 14.8 Å². The number of aromatic nitrogens is 2. The number of aryl methyl sites for hydroxylation is 2. The molecule has 1 saturated heterocycles. The number of piperidine rings is 1. The number of hydrogen-bond donors (Lipinski definition) is 2. The zero-order valence-electron chi connectivity index (χ0n) is 13.2. The van der Waals surface area contributed by atoms with Gasteiger partial charge in [0.15, 0.2) is 0 Å². The van der Waals surface area contributed by atoms with Crippen LogP contribution in [0.4, 0.5) is 5.82 Å². The number of hydrogen-bond acceptors (Lipinski definition) is 7. The maximum atomic E-state index is 11.9. The molecule has 3 rings (SSSR count). The highest BCUT2D eigenvalue weighted by Crippen LogP contribution is 2.34. The maximum absolute atomic E-state index is 11.9. The zero-order chi connectivity index (χ0) is 16.6. The van der Waals surface area contributed by atoms with Crippen LogP contribution in [0.2, 0.25) is 0 Å². The van der Waals surface area contributed by atoms with Crippen LogP contribution < -0.4 is 10.6 Å². The molecule has 1 amide bonds. The number of nitrogens with zero attached hydrogens (tertiary/aromatic N) is 2. The fourth-order valence-electron chi connectivity index (χ4n) is 2.69. The number of rotatable bonds is 3. The van der Waals surface area contributed by atoms with E-state index in [4.69, 9.17) is 4.74 Å². The van der Waals surface area contributed by atoms with Crippen LogP contribution in [0.5, 0.6) is 0 Å². The first-order valence-electron chi connectivity index (χ1n) is 7.39. The number of anilines is 1. The number of nitrogens with one attached hydrogen (secondary N) is 2. The molecule has 0 bridgehead atoms. The maximum Gasteiger partial charge on any atom is 0.348 e. The minimum absolute atomic E-state index is 0.0757. The van der Waals surface area contributed by atoms with E-state index in [1.807, 2.05) is 13.8 Å². The molecule has 1 aliphatic rings. The molecule has 1 atom stereocenters. The van der Waals surface area contributed by atoms with Crippen LogP contribution >= 0.6 is 11.3 Å². The van der Waals surface area contributed by atoms with Crippen molar-refractivity contribution in [1.82, 2.24) is 15.3 Å². The molecule has 0 aromatic carbocycles. The summed E-state index contributed by atoms with van der Waals surface area (Å²) in [4.78, 5) is 33.4.